The van der Waals surface area contributed by atoms with E-state index in [0.717, 1.165) is 56.2 Å². The van der Waals surface area contributed by atoms with Crippen LogP contribution in [0.4, 0.5) is 13.6 Å². The maximum atomic E-state index is 14.5. The van der Waals surface area contributed by atoms with Gasteiger partial charge in [0.1, 0.15) is 5.60 Å². The molecule has 1 aliphatic heterocycles. The number of nitrogens with zero attached hydrogens (tertiary/aromatic N) is 4. The lowest BCUT2D eigenvalue weighted by Crippen LogP contribution is -2.55. The van der Waals surface area contributed by atoms with E-state index in [1.807, 2.05) is 58.1 Å². The number of amides is 1. The molecule has 1 aliphatic carbocycles. The molecule has 1 heterocycles. The van der Waals surface area contributed by atoms with Gasteiger partial charge < -0.3 is 14.5 Å². The van der Waals surface area contributed by atoms with Crippen molar-refractivity contribution in [2.24, 2.45) is 4.99 Å². The molecule has 0 N–H and O–H groups in total. The Labute approximate surface area is 279 Å². The van der Waals surface area contributed by atoms with Crippen molar-refractivity contribution in [1.82, 2.24) is 9.80 Å². The van der Waals surface area contributed by atoms with Gasteiger partial charge in [0.25, 0.3) is 5.66 Å². The molecule has 2 rings (SSSR count). The second-order valence-electron chi connectivity index (χ2n) is 12.3. The summed E-state index contributed by atoms with van der Waals surface area (Å²) in [6.07, 6.45) is 19.4. The minimum absolute atomic E-state index is 0.0708. The molecule has 0 bridgehead atoms. The first-order chi connectivity index (χ1) is 21.7. The quantitative estimate of drug-likeness (QED) is 0.0906. The highest BCUT2D eigenvalue weighted by molar-refractivity contribution is 7.18. The first kappa shape index (κ1) is 41.0. The molecule has 2 fully saturated rings. The van der Waals surface area contributed by atoms with Crippen LogP contribution in [0.2, 0.25) is 0 Å². The van der Waals surface area contributed by atoms with E-state index in [9.17, 15) is 13.6 Å². The van der Waals surface area contributed by atoms with Crippen LogP contribution in [0.1, 0.15) is 107 Å². The third-order valence-corrected chi connectivity index (χ3v) is 8.47. The van der Waals surface area contributed by atoms with Crippen LogP contribution in [0.25, 0.3) is 0 Å². The Morgan fingerprint density at radius 3 is 2.28 bits per heavy atom. The first-order valence-electron chi connectivity index (χ1n) is 16.6. The van der Waals surface area contributed by atoms with Gasteiger partial charge in [-0.3, -0.25) is 4.99 Å². The van der Waals surface area contributed by atoms with Crippen LogP contribution in [-0.2, 0) is 4.74 Å². The first-order valence-corrected chi connectivity index (χ1v) is 17.2. The SMILES string of the molecule is CC/C=C/C=C(C#N)\C=C(/C)CCC.C\C=C(C(/C(C)=N/C=C/CC)=C(/C)N1CCN(C(=O)OC2(C)CCC2)C(C)C1)\C(F)(F)P. The van der Waals surface area contributed by atoms with Crippen LogP contribution in [-0.4, -0.2) is 58.5 Å². The van der Waals surface area contributed by atoms with Crippen LogP contribution < -0.4 is 0 Å². The number of carbonyl (C=O) groups is 1. The van der Waals surface area contributed by atoms with Crippen molar-refractivity contribution < 1.29 is 18.3 Å². The van der Waals surface area contributed by atoms with E-state index in [1.54, 1.807) is 34.2 Å². The summed E-state index contributed by atoms with van der Waals surface area (Å²) in [5.41, 5.74) is 0.225. The average Bonchev–Trinajstić information content (AvgIpc) is 2.97. The third kappa shape index (κ3) is 13.4. The lowest BCUT2D eigenvalue weighted by molar-refractivity contribution is -0.0563. The molecule has 0 aromatic rings. The third-order valence-electron chi connectivity index (χ3n) is 8.15. The summed E-state index contributed by atoms with van der Waals surface area (Å²) in [5, 5.41) is 8.85. The standard InChI is InChI=1S/C24H38F2N3O2P.C13H19N/c1-7-9-13-27-18(4)21(20(8-2)24(25,26)32)19(5)28-14-15-29(17(3)16-28)22(30)31-23(6)11-10-12-23;1-4-6-7-9-13(11-14)10-12(3)8-5-2/h8-9,13,17H,7,10-12,14-16,32H2,1-6H3;6-7,9-10H,4-5,8H2,1-3H3/b13-9+,20-8+,21-19-,27-18+;7-6+,12-10+,13-9+. The molecule has 1 saturated carbocycles. The lowest BCUT2D eigenvalue weighted by Gasteiger charge is -2.44. The molecule has 1 amide bonds. The average molecular weight is 659 g/mol. The van der Waals surface area contributed by atoms with Gasteiger partial charge in [0.15, 0.2) is 0 Å². The van der Waals surface area contributed by atoms with Gasteiger partial charge in [-0.15, -0.1) is 0 Å². The predicted octanol–water partition coefficient (Wildman–Crippen LogP) is 10.3. The smallest absolute Gasteiger partial charge is 0.410 e. The fourth-order valence-corrected chi connectivity index (χ4v) is 5.70. The zero-order chi connectivity index (χ0) is 34.9. The van der Waals surface area contributed by atoms with Crippen molar-refractivity contribution in [3.63, 3.8) is 0 Å². The Balaban J connectivity index is 0.000000636. The van der Waals surface area contributed by atoms with Gasteiger partial charge in [0, 0.05) is 54.4 Å². The number of halogens is 2. The number of ether oxygens (including phenoxy) is 1. The highest BCUT2D eigenvalue weighted by atomic mass is 31.0. The van der Waals surface area contributed by atoms with E-state index in [1.165, 1.54) is 11.6 Å². The summed E-state index contributed by atoms with van der Waals surface area (Å²) in [4.78, 5) is 20.9. The zero-order valence-electron chi connectivity index (χ0n) is 29.6. The number of carbonyl (C=O) groups excluding carboxylic acids is 1. The van der Waals surface area contributed by atoms with Crippen LogP contribution >= 0.6 is 9.24 Å². The lowest BCUT2D eigenvalue weighted by atomic mass is 9.82. The number of alkyl halides is 2. The molecule has 0 radical (unpaired) electrons. The molecule has 2 aliphatic rings. The predicted molar refractivity (Wildman–Crippen MR) is 192 cm³/mol. The van der Waals surface area contributed by atoms with Crippen LogP contribution in [0, 0.1) is 11.3 Å². The van der Waals surface area contributed by atoms with Crippen LogP contribution in [0.15, 0.2) is 75.6 Å². The molecule has 2 unspecified atom stereocenters. The van der Waals surface area contributed by atoms with Gasteiger partial charge in [0.05, 0.1) is 11.6 Å². The normalized spacial score (nSPS) is 20.2. The molecular formula is C37H57F2N4O2P. The summed E-state index contributed by atoms with van der Waals surface area (Å²) in [5.74, 6) is 0. The fraction of sp³-hybridized carbons (Fsp3) is 0.595. The van der Waals surface area contributed by atoms with E-state index >= 15 is 0 Å². The molecule has 0 spiro atoms. The summed E-state index contributed by atoms with van der Waals surface area (Å²) in [6.45, 7) is 19.0. The van der Waals surface area contributed by atoms with Gasteiger partial charge in [-0.25, -0.2) is 4.79 Å². The van der Waals surface area contributed by atoms with Crippen molar-refractivity contribution in [1.29, 1.82) is 5.26 Å². The number of hydrogen-bond donors (Lipinski definition) is 0. The Kier molecular flexibility index (Phi) is 18.0. The maximum absolute atomic E-state index is 14.5. The van der Waals surface area contributed by atoms with Gasteiger partial charge in [-0.1, -0.05) is 66.3 Å². The van der Waals surface area contributed by atoms with Crippen molar-refractivity contribution in [2.45, 2.75) is 125 Å². The molecule has 9 heteroatoms. The fourth-order valence-electron chi connectivity index (χ4n) is 5.38. The summed E-state index contributed by atoms with van der Waals surface area (Å²) in [7, 11) is 1.64. The Morgan fingerprint density at radius 1 is 1.15 bits per heavy atom. The monoisotopic (exact) mass is 658 g/mol. The molecule has 0 aromatic carbocycles. The van der Waals surface area contributed by atoms with Crippen molar-refractivity contribution in [2.75, 3.05) is 19.6 Å². The Morgan fingerprint density at radius 2 is 1.80 bits per heavy atom. The van der Waals surface area contributed by atoms with E-state index in [2.05, 4.69) is 36.7 Å². The highest BCUT2D eigenvalue weighted by Gasteiger charge is 2.39. The van der Waals surface area contributed by atoms with Crippen molar-refractivity contribution in [3.05, 3.63) is 70.6 Å². The summed E-state index contributed by atoms with van der Waals surface area (Å²) < 4.78 is 34.6. The van der Waals surface area contributed by atoms with Gasteiger partial charge in [-0.2, -0.15) is 14.0 Å². The highest BCUT2D eigenvalue weighted by Crippen LogP contribution is 2.39. The maximum Gasteiger partial charge on any atom is 0.410 e. The molecule has 1 saturated heterocycles. The number of rotatable bonds is 12. The molecular weight excluding hydrogens is 601 g/mol. The second kappa shape index (κ2) is 20.3. The van der Waals surface area contributed by atoms with Crippen LogP contribution in [0.5, 0.6) is 0 Å². The number of piperazine rings is 1. The largest absolute Gasteiger partial charge is 0.443 e. The number of hydrogen-bond acceptors (Lipinski definition) is 5. The van der Waals surface area contributed by atoms with Gasteiger partial charge in [0.2, 0.25) is 0 Å². The molecule has 6 nitrogen and oxygen atoms in total. The number of allylic oxidation sites excluding steroid dienone is 11. The van der Waals surface area contributed by atoms with E-state index in [0.29, 0.717) is 30.9 Å². The minimum atomic E-state index is -3.08. The van der Waals surface area contributed by atoms with Gasteiger partial charge in [-0.05, 0) is 92.2 Å². The second-order valence-corrected chi connectivity index (χ2v) is 13.0. The van der Waals surface area contributed by atoms with Gasteiger partial charge >= 0.3 is 6.09 Å². The Hall–Kier alpha value is -3.04. The molecule has 256 valence electrons. The summed E-state index contributed by atoms with van der Waals surface area (Å²) >= 11 is 0. The summed E-state index contributed by atoms with van der Waals surface area (Å²) in [6, 6.07) is 2.09. The number of aliphatic imine (C=N–C) groups is 1. The molecule has 2 atom stereocenters. The van der Waals surface area contributed by atoms with Crippen molar-refractivity contribution in [3.8, 4) is 6.07 Å². The van der Waals surface area contributed by atoms with Crippen molar-refractivity contribution >= 4 is 21.0 Å². The number of nitriles is 1. The van der Waals surface area contributed by atoms with Crippen LogP contribution in [0.3, 0.4) is 0 Å². The topological polar surface area (TPSA) is 68.9 Å². The van der Waals surface area contributed by atoms with E-state index in [4.69, 9.17) is 10.00 Å². The minimum Gasteiger partial charge on any atom is -0.443 e. The van der Waals surface area contributed by atoms with E-state index < -0.39 is 5.66 Å². The molecule has 46 heavy (non-hydrogen) atoms. The Bertz CT molecular complexity index is 1260. The molecule has 0 aromatic heterocycles. The zero-order valence-corrected chi connectivity index (χ0v) is 30.8. The van der Waals surface area contributed by atoms with E-state index in [-0.39, 0.29) is 23.3 Å².